The molecule has 0 amide bonds. The molecule has 1 rings (SSSR count). The maximum atomic E-state index is 9.83. The topological polar surface area (TPSA) is 50.7 Å². The number of benzene rings is 1. The summed E-state index contributed by atoms with van der Waals surface area (Å²) in [7, 11) is 1.67. The van der Waals surface area contributed by atoms with Crippen LogP contribution in [0.25, 0.3) is 0 Å². The summed E-state index contributed by atoms with van der Waals surface area (Å²) in [6, 6.07) is 7.92. The van der Waals surface area contributed by atoms with Crippen molar-refractivity contribution in [2.45, 2.75) is 26.6 Å². The molecule has 0 spiro atoms. The number of ether oxygens (including phenoxy) is 2. The Morgan fingerprint density at radius 2 is 1.95 bits per heavy atom. The average Bonchev–Trinajstić information content (AvgIpc) is 2.37. The lowest BCUT2D eigenvalue weighted by Gasteiger charge is -2.16. The Hall–Kier alpha value is -1.10. The largest absolute Gasteiger partial charge is 0.389 e. The van der Waals surface area contributed by atoms with E-state index in [1.807, 2.05) is 24.3 Å². The molecule has 1 aromatic rings. The van der Waals surface area contributed by atoms with E-state index in [-0.39, 0.29) is 0 Å². The van der Waals surface area contributed by atoms with E-state index in [0.717, 1.165) is 11.3 Å². The molecule has 1 aromatic carbocycles. The molecule has 0 radical (unpaired) electrons. The van der Waals surface area contributed by atoms with Crippen LogP contribution in [0, 0.1) is 5.92 Å². The number of anilines is 1. The minimum absolute atomic E-state index is 0.359. The third-order valence-electron chi connectivity index (χ3n) is 2.61. The number of aliphatic hydroxyl groups is 1. The van der Waals surface area contributed by atoms with Crippen LogP contribution in [0.4, 0.5) is 5.69 Å². The first-order valence-electron chi connectivity index (χ1n) is 6.70. The molecule has 0 saturated heterocycles. The number of hydrogen-bond acceptors (Lipinski definition) is 4. The van der Waals surface area contributed by atoms with Crippen LogP contribution in [0.5, 0.6) is 0 Å². The van der Waals surface area contributed by atoms with Crippen molar-refractivity contribution < 1.29 is 14.6 Å². The van der Waals surface area contributed by atoms with Crippen LogP contribution in [0.15, 0.2) is 24.3 Å². The molecule has 0 saturated carbocycles. The molecule has 108 valence electrons. The van der Waals surface area contributed by atoms with E-state index in [1.165, 1.54) is 0 Å². The van der Waals surface area contributed by atoms with Crippen LogP contribution in [0.3, 0.4) is 0 Å². The van der Waals surface area contributed by atoms with Gasteiger partial charge in [0.2, 0.25) is 0 Å². The zero-order chi connectivity index (χ0) is 14.1. The molecule has 0 aliphatic heterocycles. The smallest absolute Gasteiger partial charge is 0.0945 e. The van der Waals surface area contributed by atoms with Gasteiger partial charge in [0.1, 0.15) is 0 Å². The summed E-state index contributed by atoms with van der Waals surface area (Å²) in [4.78, 5) is 0. The molecule has 0 bridgehead atoms. The molecule has 0 aliphatic rings. The lowest BCUT2D eigenvalue weighted by molar-refractivity contribution is 0.0317. The van der Waals surface area contributed by atoms with Crippen LogP contribution in [-0.4, -0.2) is 38.1 Å². The zero-order valence-electron chi connectivity index (χ0n) is 12.1. The number of aliphatic hydroxyl groups excluding tert-OH is 1. The van der Waals surface area contributed by atoms with Crippen molar-refractivity contribution >= 4 is 5.69 Å². The van der Waals surface area contributed by atoms with Crippen molar-refractivity contribution in [1.82, 2.24) is 0 Å². The Morgan fingerprint density at radius 3 is 2.63 bits per heavy atom. The second kappa shape index (κ2) is 8.91. The third kappa shape index (κ3) is 6.57. The summed E-state index contributed by atoms with van der Waals surface area (Å²) >= 11 is 0. The van der Waals surface area contributed by atoms with Gasteiger partial charge >= 0.3 is 0 Å². The first kappa shape index (κ1) is 16.0. The molecular formula is C15H25NO3. The number of rotatable bonds is 9. The number of nitrogens with one attached hydrogen (secondary N) is 1. The van der Waals surface area contributed by atoms with E-state index in [2.05, 4.69) is 19.2 Å². The molecule has 0 fully saturated rings. The van der Waals surface area contributed by atoms with Crippen LogP contribution in [0.2, 0.25) is 0 Å². The van der Waals surface area contributed by atoms with Gasteiger partial charge in [-0.3, -0.25) is 0 Å². The average molecular weight is 267 g/mol. The third-order valence-corrected chi connectivity index (χ3v) is 2.61. The van der Waals surface area contributed by atoms with E-state index in [1.54, 1.807) is 7.11 Å². The van der Waals surface area contributed by atoms with Crippen molar-refractivity contribution in [3.8, 4) is 0 Å². The Balaban J connectivity index is 2.35. The van der Waals surface area contributed by atoms with Crippen LogP contribution >= 0.6 is 0 Å². The zero-order valence-corrected chi connectivity index (χ0v) is 12.1. The van der Waals surface area contributed by atoms with Crippen LogP contribution < -0.4 is 5.32 Å². The molecule has 2 N–H and O–H groups in total. The molecule has 0 heterocycles. The SMILES string of the molecule is COCc1ccccc1NCC(O)COCC(C)C. The van der Waals surface area contributed by atoms with Crippen molar-refractivity contribution in [2.75, 3.05) is 32.2 Å². The fourth-order valence-corrected chi connectivity index (χ4v) is 1.70. The number of hydrogen-bond donors (Lipinski definition) is 2. The van der Waals surface area contributed by atoms with Crippen molar-refractivity contribution in [3.05, 3.63) is 29.8 Å². The lowest BCUT2D eigenvalue weighted by atomic mass is 10.2. The summed E-state index contributed by atoms with van der Waals surface area (Å²) in [5, 5.41) is 13.1. The van der Waals surface area contributed by atoms with Gasteiger partial charge in [-0.05, 0) is 12.0 Å². The van der Waals surface area contributed by atoms with Crippen molar-refractivity contribution in [1.29, 1.82) is 0 Å². The first-order chi connectivity index (χ1) is 9.13. The number of methoxy groups -OCH3 is 1. The molecule has 0 aliphatic carbocycles. The maximum absolute atomic E-state index is 9.83. The summed E-state index contributed by atoms with van der Waals surface area (Å²) in [5.74, 6) is 0.489. The Labute approximate surface area is 115 Å². The molecule has 4 heteroatoms. The molecule has 0 aromatic heterocycles. The summed E-state index contributed by atoms with van der Waals surface area (Å²) in [5.41, 5.74) is 2.08. The van der Waals surface area contributed by atoms with Crippen LogP contribution in [0.1, 0.15) is 19.4 Å². The van der Waals surface area contributed by atoms with Gasteiger partial charge in [0.25, 0.3) is 0 Å². The molecule has 1 atom stereocenters. The molecule has 4 nitrogen and oxygen atoms in total. The molecule has 19 heavy (non-hydrogen) atoms. The van der Waals surface area contributed by atoms with Gasteiger partial charge in [0, 0.05) is 31.5 Å². The first-order valence-corrected chi connectivity index (χ1v) is 6.70. The van der Waals surface area contributed by atoms with Gasteiger partial charge in [-0.1, -0.05) is 32.0 Å². The highest BCUT2D eigenvalue weighted by atomic mass is 16.5. The maximum Gasteiger partial charge on any atom is 0.0945 e. The predicted octanol–water partition coefficient (Wildman–Crippen LogP) is 2.28. The van der Waals surface area contributed by atoms with E-state index < -0.39 is 6.10 Å². The van der Waals surface area contributed by atoms with Gasteiger partial charge in [-0.2, -0.15) is 0 Å². The standard InChI is InChI=1S/C15H25NO3/c1-12(2)9-19-11-14(17)8-16-15-7-5-4-6-13(15)10-18-3/h4-7,12,14,16-17H,8-11H2,1-3H3. The van der Waals surface area contributed by atoms with E-state index in [4.69, 9.17) is 9.47 Å². The van der Waals surface area contributed by atoms with Crippen LogP contribution in [-0.2, 0) is 16.1 Å². The van der Waals surface area contributed by atoms with E-state index >= 15 is 0 Å². The van der Waals surface area contributed by atoms with E-state index in [9.17, 15) is 5.11 Å². The summed E-state index contributed by atoms with van der Waals surface area (Å²) < 4.78 is 10.5. The van der Waals surface area contributed by atoms with Crippen molar-refractivity contribution in [2.24, 2.45) is 5.92 Å². The van der Waals surface area contributed by atoms with Gasteiger partial charge in [0.15, 0.2) is 0 Å². The van der Waals surface area contributed by atoms with Gasteiger partial charge < -0.3 is 19.9 Å². The monoisotopic (exact) mass is 267 g/mol. The Bertz CT molecular complexity index is 355. The van der Waals surface area contributed by atoms with Crippen molar-refractivity contribution in [3.63, 3.8) is 0 Å². The summed E-state index contributed by atoms with van der Waals surface area (Å²) in [6.07, 6.45) is -0.505. The summed E-state index contributed by atoms with van der Waals surface area (Å²) in [6.45, 7) is 6.24. The Morgan fingerprint density at radius 1 is 1.21 bits per heavy atom. The second-order valence-corrected chi connectivity index (χ2v) is 5.06. The highest BCUT2D eigenvalue weighted by Gasteiger charge is 2.07. The highest BCUT2D eigenvalue weighted by molar-refractivity contribution is 5.50. The second-order valence-electron chi connectivity index (χ2n) is 5.06. The minimum atomic E-state index is -0.505. The predicted molar refractivity (Wildman–Crippen MR) is 77.3 cm³/mol. The fraction of sp³-hybridized carbons (Fsp3) is 0.600. The lowest BCUT2D eigenvalue weighted by Crippen LogP contribution is -2.26. The molecular weight excluding hydrogens is 242 g/mol. The normalized spacial score (nSPS) is 12.7. The van der Waals surface area contributed by atoms with Gasteiger partial charge in [-0.25, -0.2) is 0 Å². The highest BCUT2D eigenvalue weighted by Crippen LogP contribution is 2.15. The van der Waals surface area contributed by atoms with Gasteiger partial charge in [0.05, 0.1) is 19.3 Å². The molecule has 1 unspecified atom stereocenters. The Kier molecular flexibility index (Phi) is 7.48. The fourth-order valence-electron chi connectivity index (χ4n) is 1.70. The van der Waals surface area contributed by atoms with Gasteiger partial charge in [-0.15, -0.1) is 0 Å². The quantitative estimate of drug-likeness (QED) is 0.720. The number of para-hydroxylation sites is 1. The minimum Gasteiger partial charge on any atom is -0.389 e. The van der Waals surface area contributed by atoms with E-state index in [0.29, 0.717) is 32.3 Å².